The van der Waals surface area contributed by atoms with Crippen LogP contribution in [0.1, 0.15) is 33.4 Å². The van der Waals surface area contributed by atoms with Crippen molar-refractivity contribution in [1.82, 2.24) is 4.57 Å². The van der Waals surface area contributed by atoms with Gasteiger partial charge in [0.15, 0.2) is 0 Å². The van der Waals surface area contributed by atoms with Crippen molar-refractivity contribution >= 4 is 60.4 Å². The van der Waals surface area contributed by atoms with E-state index in [2.05, 4.69) is 290 Å². The van der Waals surface area contributed by atoms with E-state index in [4.69, 9.17) is 0 Å². The summed E-state index contributed by atoms with van der Waals surface area (Å²) in [5.74, 6) is 0. The molecule has 73 heavy (non-hydrogen) atoms. The highest BCUT2D eigenvalue weighted by atomic mass is 15.1. The van der Waals surface area contributed by atoms with Crippen molar-refractivity contribution < 1.29 is 0 Å². The molecule has 1 heterocycles. The molecule has 0 saturated heterocycles. The first-order valence-electron chi connectivity index (χ1n) is 25.4. The maximum absolute atomic E-state index is 2.55. The number of aryl methyl sites for hydroxylation is 2. The van der Waals surface area contributed by atoms with Crippen LogP contribution in [-0.4, -0.2) is 4.57 Å². The summed E-state index contributed by atoms with van der Waals surface area (Å²) in [6.07, 6.45) is 0. The highest BCUT2D eigenvalue weighted by Gasteiger charge is 2.46. The van der Waals surface area contributed by atoms with E-state index in [-0.39, 0.29) is 0 Å². The maximum Gasteiger partial charge on any atom is 0.0714 e. The first-order chi connectivity index (χ1) is 36.0. The first kappa shape index (κ1) is 42.6. The van der Waals surface area contributed by atoms with Gasteiger partial charge in [-0.05, 0) is 152 Å². The number of hydrogen-bond donors (Lipinski definition) is 0. The standard InChI is InChI=1S/C71H50N2/c1-47-29-36-53(37-30-47)72(54-38-31-48(2)32-39-54)55-40-33-50(34-41-55)57-22-11-12-24-59(57)64-46-68-70(63-27-14-13-25-60(63)64)69-58-23-10-9-17-49(58)35-44-67(69)73(68)56-42-43-62-61-26-15-16-28-65(61)71(66(62)45-56,51-18-5-3-6-19-51)52-20-7-4-8-21-52/h3-46H,1-2H3. The largest absolute Gasteiger partial charge is 0.311 e. The van der Waals surface area contributed by atoms with Gasteiger partial charge in [0.25, 0.3) is 0 Å². The van der Waals surface area contributed by atoms with Crippen LogP contribution < -0.4 is 4.90 Å². The molecule has 2 nitrogen and oxygen atoms in total. The lowest BCUT2D eigenvalue weighted by Crippen LogP contribution is -2.28. The molecule has 0 amide bonds. The average Bonchev–Trinajstić information content (AvgIpc) is 3.96. The predicted octanol–water partition coefficient (Wildman–Crippen LogP) is 18.9. The van der Waals surface area contributed by atoms with Gasteiger partial charge in [-0.1, -0.05) is 217 Å². The van der Waals surface area contributed by atoms with Crippen LogP contribution in [0, 0.1) is 13.8 Å². The zero-order valence-electron chi connectivity index (χ0n) is 40.8. The van der Waals surface area contributed by atoms with Gasteiger partial charge >= 0.3 is 0 Å². The molecule has 0 fully saturated rings. The summed E-state index contributed by atoms with van der Waals surface area (Å²) in [7, 11) is 0. The van der Waals surface area contributed by atoms with Gasteiger partial charge in [-0.2, -0.15) is 0 Å². The van der Waals surface area contributed by atoms with Crippen LogP contribution in [0.25, 0.3) is 82.4 Å². The van der Waals surface area contributed by atoms with Crippen molar-refractivity contribution in [2.24, 2.45) is 0 Å². The van der Waals surface area contributed by atoms with Crippen molar-refractivity contribution in [3.8, 4) is 39.1 Å². The molecule has 344 valence electrons. The minimum Gasteiger partial charge on any atom is -0.311 e. The van der Waals surface area contributed by atoms with Gasteiger partial charge in [0.1, 0.15) is 0 Å². The third-order valence-electron chi connectivity index (χ3n) is 15.6. The highest BCUT2D eigenvalue weighted by molar-refractivity contribution is 6.30. The highest BCUT2D eigenvalue weighted by Crippen LogP contribution is 2.57. The van der Waals surface area contributed by atoms with E-state index in [1.165, 1.54) is 110 Å². The van der Waals surface area contributed by atoms with Gasteiger partial charge in [-0.3, -0.25) is 0 Å². The predicted molar refractivity (Wildman–Crippen MR) is 308 cm³/mol. The van der Waals surface area contributed by atoms with Crippen LogP contribution in [0.2, 0.25) is 0 Å². The minimum atomic E-state index is -0.528. The summed E-state index contributed by atoms with van der Waals surface area (Å²) in [5, 5.41) is 7.49. The summed E-state index contributed by atoms with van der Waals surface area (Å²) in [6, 6.07) is 99.3. The monoisotopic (exact) mass is 930 g/mol. The lowest BCUT2D eigenvalue weighted by Gasteiger charge is -2.34. The van der Waals surface area contributed by atoms with E-state index in [9.17, 15) is 0 Å². The quantitative estimate of drug-likeness (QED) is 0.147. The van der Waals surface area contributed by atoms with Gasteiger partial charge < -0.3 is 9.47 Å². The second-order valence-corrected chi connectivity index (χ2v) is 19.7. The van der Waals surface area contributed by atoms with Gasteiger partial charge in [0.05, 0.1) is 16.4 Å². The van der Waals surface area contributed by atoms with Crippen LogP contribution in [0.4, 0.5) is 17.1 Å². The molecule has 14 rings (SSSR count). The zero-order valence-corrected chi connectivity index (χ0v) is 40.8. The Morgan fingerprint density at radius 1 is 0.329 bits per heavy atom. The molecule has 0 saturated carbocycles. The third kappa shape index (κ3) is 6.64. The lowest BCUT2D eigenvalue weighted by molar-refractivity contribution is 0.767. The Labute approximate surface area is 426 Å². The van der Waals surface area contributed by atoms with Crippen LogP contribution in [0.3, 0.4) is 0 Å². The Bertz CT molecular complexity index is 4160. The van der Waals surface area contributed by atoms with Crippen LogP contribution >= 0.6 is 0 Å². The van der Waals surface area contributed by atoms with Crippen molar-refractivity contribution in [2.45, 2.75) is 19.3 Å². The van der Waals surface area contributed by atoms with Crippen LogP contribution in [0.15, 0.2) is 267 Å². The van der Waals surface area contributed by atoms with Crippen molar-refractivity contribution in [2.75, 3.05) is 4.90 Å². The number of anilines is 3. The van der Waals surface area contributed by atoms with Gasteiger partial charge in [0, 0.05) is 33.5 Å². The van der Waals surface area contributed by atoms with E-state index < -0.39 is 5.41 Å². The van der Waals surface area contributed by atoms with E-state index >= 15 is 0 Å². The fourth-order valence-electron chi connectivity index (χ4n) is 12.3. The summed E-state index contributed by atoms with van der Waals surface area (Å²) < 4.78 is 2.55. The molecular weight excluding hydrogens is 881 g/mol. The molecule has 13 aromatic rings. The number of rotatable bonds is 8. The molecule has 0 bridgehead atoms. The third-order valence-corrected chi connectivity index (χ3v) is 15.6. The molecule has 0 radical (unpaired) electrons. The van der Waals surface area contributed by atoms with Crippen molar-refractivity contribution in [1.29, 1.82) is 0 Å². The Kier molecular flexibility index (Phi) is 9.91. The zero-order chi connectivity index (χ0) is 48.6. The molecular formula is C71H50N2. The lowest BCUT2D eigenvalue weighted by atomic mass is 9.67. The topological polar surface area (TPSA) is 8.17 Å². The van der Waals surface area contributed by atoms with Gasteiger partial charge in [0.2, 0.25) is 0 Å². The number of fused-ring (bicyclic) bond motifs is 10. The Morgan fingerprint density at radius 3 is 1.49 bits per heavy atom. The molecule has 2 heteroatoms. The smallest absolute Gasteiger partial charge is 0.0714 e. The molecule has 12 aromatic carbocycles. The number of nitrogens with zero attached hydrogens (tertiary/aromatic N) is 2. The van der Waals surface area contributed by atoms with E-state index in [1.54, 1.807) is 0 Å². The molecule has 1 aliphatic carbocycles. The molecule has 0 atom stereocenters. The number of benzene rings is 12. The average molecular weight is 931 g/mol. The van der Waals surface area contributed by atoms with Crippen molar-refractivity contribution in [3.05, 3.63) is 300 Å². The van der Waals surface area contributed by atoms with E-state index in [1.807, 2.05) is 0 Å². The summed E-state index contributed by atoms with van der Waals surface area (Å²) in [6.45, 7) is 4.28. The maximum atomic E-state index is 2.55. The van der Waals surface area contributed by atoms with Crippen LogP contribution in [-0.2, 0) is 5.41 Å². The van der Waals surface area contributed by atoms with E-state index in [0.29, 0.717) is 0 Å². The second-order valence-electron chi connectivity index (χ2n) is 19.7. The Balaban J connectivity index is 1.01. The Morgan fingerprint density at radius 2 is 0.836 bits per heavy atom. The van der Waals surface area contributed by atoms with Crippen LogP contribution in [0.5, 0.6) is 0 Å². The molecule has 1 aromatic heterocycles. The van der Waals surface area contributed by atoms with Crippen molar-refractivity contribution in [3.63, 3.8) is 0 Å². The number of hydrogen-bond acceptors (Lipinski definition) is 1. The SMILES string of the molecule is Cc1ccc(N(c2ccc(C)cc2)c2ccc(-c3ccccc3-c3cc4c(c5ccccc35)c3c5ccccc5ccc3n4-c3ccc4c(c3)C(c3ccccc3)(c3ccccc3)c3ccccc3-4)cc2)cc1. The molecule has 1 aliphatic rings. The first-order valence-corrected chi connectivity index (χ1v) is 25.4. The molecule has 0 unspecified atom stereocenters. The molecule has 0 aliphatic heterocycles. The van der Waals surface area contributed by atoms with E-state index in [0.717, 1.165) is 22.7 Å². The minimum absolute atomic E-state index is 0.528. The molecule has 0 spiro atoms. The molecule has 0 N–H and O–H groups in total. The normalized spacial score (nSPS) is 12.6. The Hall–Kier alpha value is -9.24. The summed E-state index contributed by atoms with van der Waals surface area (Å²) in [4.78, 5) is 2.35. The summed E-state index contributed by atoms with van der Waals surface area (Å²) in [5.41, 5.74) is 21.2. The fraction of sp³-hybridized carbons (Fsp3) is 0.0423. The van der Waals surface area contributed by atoms with Gasteiger partial charge in [-0.15, -0.1) is 0 Å². The summed E-state index contributed by atoms with van der Waals surface area (Å²) >= 11 is 0. The second kappa shape index (κ2) is 17.0. The van der Waals surface area contributed by atoms with Gasteiger partial charge in [-0.25, -0.2) is 0 Å². The fourth-order valence-corrected chi connectivity index (χ4v) is 12.3. The number of aromatic nitrogens is 1.